The summed E-state index contributed by atoms with van der Waals surface area (Å²) in [5.41, 5.74) is 3.17. The van der Waals surface area contributed by atoms with Gasteiger partial charge in [-0.25, -0.2) is 4.98 Å². The summed E-state index contributed by atoms with van der Waals surface area (Å²) < 4.78 is 1.08. The van der Waals surface area contributed by atoms with E-state index in [9.17, 15) is 4.79 Å². The van der Waals surface area contributed by atoms with Gasteiger partial charge in [-0.3, -0.25) is 9.78 Å². The molecule has 33 heavy (non-hydrogen) atoms. The maximum Gasteiger partial charge on any atom is 0.257 e. The molecule has 1 saturated heterocycles. The van der Waals surface area contributed by atoms with Crippen LogP contribution in [-0.4, -0.2) is 54.0 Å². The largest absolute Gasteiger partial charge is 0.354 e. The standard InChI is InChI=1S/C26H24IN5O/c1-31-12-14-32(15-13-31)24-9-6-19(17-29-24)26(33)30-20-7-8-23(27)22(16-20)25-21-5-3-2-4-18(21)10-11-28-25/h2-11,16-17H,12-15H2,1H3,(H,30,33). The lowest BCUT2D eigenvalue weighted by Gasteiger charge is -2.33. The van der Waals surface area contributed by atoms with Crippen molar-refractivity contribution in [3.05, 3.63) is 82.2 Å². The lowest BCUT2D eigenvalue weighted by Crippen LogP contribution is -2.44. The number of nitrogens with one attached hydrogen (secondary N) is 1. The van der Waals surface area contributed by atoms with Crippen molar-refractivity contribution >= 4 is 50.8 Å². The Labute approximate surface area is 206 Å². The molecule has 7 heteroatoms. The van der Waals surface area contributed by atoms with E-state index in [1.54, 1.807) is 6.20 Å². The average Bonchev–Trinajstić information content (AvgIpc) is 2.85. The van der Waals surface area contributed by atoms with E-state index in [1.165, 1.54) is 0 Å². The molecule has 1 aliphatic rings. The molecule has 0 spiro atoms. The van der Waals surface area contributed by atoms with Gasteiger partial charge in [0.1, 0.15) is 5.82 Å². The van der Waals surface area contributed by atoms with Crippen molar-refractivity contribution in [1.29, 1.82) is 0 Å². The zero-order valence-electron chi connectivity index (χ0n) is 18.3. The van der Waals surface area contributed by atoms with Crippen LogP contribution in [0.15, 0.2) is 73.1 Å². The van der Waals surface area contributed by atoms with E-state index in [0.717, 1.165) is 63.3 Å². The monoisotopic (exact) mass is 549 g/mol. The van der Waals surface area contributed by atoms with Crippen LogP contribution in [0.4, 0.5) is 11.5 Å². The number of likely N-dealkylation sites (N-methyl/N-ethyl adjacent to an activating group) is 1. The van der Waals surface area contributed by atoms with Crippen molar-refractivity contribution in [3.63, 3.8) is 0 Å². The third-order valence-electron chi connectivity index (χ3n) is 5.99. The molecule has 2 aromatic carbocycles. The van der Waals surface area contributed by atoms with Gasteiger partial charge in [-0.2, -0.15) is 0 Å². The van der Waals surface area contributed by atoms with Gasteiger partial charge in [-0.1, -0.05) is 24.3 Å². The summed E-state index contributed by atoms with van der Waals surface area (Å²) >= 11 is 2.31. The molecule has 0 unspecified atom stereocenters. The van der Waals surface area contributed by atoms with Crippen molar-refractivity contribution < 1.29 is 4.79 Å². The normalized spacial score (nSPS) is 14.4. The molecule has 166 valence electrons. The molecule has 5 rings (SSSR count). The highest BCUT2D eigenvalue weighted by Crippen LogP contribution is 2.32. The number of rotatable bonds is 4. The summed E-state index contributed by atoms with van der Waals surface area (Å²) in [6.45, 7) is 3.93. The summed E-state index contributed by atoms with van der Waals surface area (Å²) in [4.78, 5) is 26.6. The lowest BCUT2D eigenvalue weighted by atomic mass is 10.0. The van der Waals surface area contributed by atoms with Crippen LogP contribution in [0.3, 0.4) is 0 Å². The van der Waals surface area contributed by atoms with E-state index in [1.807, 2.05) is 54.7 Å². The molecule has 3 heterocycles. The van der Waals surface area contributed by atoms with Gasteiger partial charge < -0.3 is 15.1 Å². The van der Waals surface area contributed by atoms with E-state index < -0.39 is 0 Å². The highest BCUT2D eigenvalue weighted by atomic mass is 127. The predicted octanol–water partition coefficient (Wildman–Crippen LogP) is 4.91. The highest BCUT2D eigenvalue weighted by molar-refractivity contribution is 14.1. The number of anilines is 2. The Morgan fingerprint density at radius 3 is 2.58 bits per heavy atom. The molecule has 1 N–H and O–H groups in total. The fourth-order valence-corrected chi connectivity index (χ4v) is 4.66. The van der Waals surface area contributed by atoms with Crippen LogP contribution in [-0.2, 0) is 0 Å². The minimum absolute atomic E-state index is 0.175. The molecular formula is C26H24IN5O. The average molecular weight is 549 g/mol. The number of nitrogens with zero attached hydrogens (tertiary/aromatic N) is 4. The number of hydrogen-bond donors (Lipinski definition) is 1. The van der Waals surface area contributed by atoms with Crippen molar-refractivity contribution in [3.8, 4) is 11.3 Å². The Morgan fingerprint density at radius 2 is 1.79 bits per heavy atom. The van der Waals surface area contributed by atoms with E-state index >= 15 is 0 Å². The number of carbonyl (C=O) groups is 1. The molecule has 1 aliphatic heterocycles. The minimum atomic E-state index is -0.175. The van der Waals surface area contributed by atoms with Crippen LogP contribution in [0.5, 0.6) is 0 Å². The quantitative estimate of drug-likeness (QED) is 0.367. The van der Waals surface area contributed by atoms with E-state index in [2.05, 4.69) is 66.9 Å². The van der Waals surface area contributed by atoms with Crippen LogP contribution >= 0.6 is 22.6 Å². The Bertz CT molecular complexity index is 1290. The van der Waals surface area contributed by atoms with E-state index in [0.29, 0.717) is 5.56 Å². The lowest BCUT2D eigenvalue weighted by molar-refractivity contribution is 0.102. The summed E-state index contributed by atoms with van der Waals surface area (Å²) in [5.74, 6) is 0.740. The summed E-state index contributed by atoms with van der Waals surface area (Å²) in [5, 5.41) is 5.24. The second kappa shape index (κ2) is 9.44. The second-order valence-corrected chi connectivity index (χ2v) is 9.39. The van der Waals surface area contributed by atoms with Gasteiger partial charge in [0.15, 0.2) is 0 Å². The number of carbonyl (C=O) groups excluding carboxylic acids is 1. The fourth-order valence-electron chi connectivity index (χ4n) is 4.07. The smallest absolute Gasteiger partial charge is 0.257 e. The topological polar surface area (TPSA) is 61.4 Å². The molecule has 0 bridgehead atoms. The van der Waals surface area contributed by atoms with Crippen LogP contribution in [0.2, 0.25) is 0 Å². The van der Waals surface area contributed by atoms with Gasteiger partial charge in [0, 0.05) is 58.8 Å². The first-order valence-electron chi connectivity index (χ1n) is 10.9. The number of aromatic nitrogens is 2. The Kier molecular flexibility index (Phi) is 6.24. The number of hydrogen-bond acceptors (Lipinski definition) is 5. The van der Waals surface area contributed by atoms with Crippen LogP contribution in [0, 0.1) is 3.57 Å². The van der Waals surface area contributed by atoms with Crippen molar-refractivity contribution in [1.82, 2.24) is 14.9 Å². The molecule has 0 atom stereocenters. The molecule has 1 amide bonds. The number of halogens is 1. The number of pyridine rings is 2. The molecule has 0 radical (unpaired) electrons. The summed E-state index contributed by atoms with van der Waals surface area (Å²) in [7, 11) is 2.13. The summed E-state index contributed by atoms with van der Waals surface area (Å²) in [6.07, 6.45) is 3.48. The van der Waals surface area contributed by atoms with Gasteiger partial charge in [0.25, 0.3) is 5.91 Å². The van der Waals surface area contributed by atoms with Crippen molar-refractivity contribution in [2.45, 2.75) is 0 Å². The predicted molar refractivity (Wildman–Crippen MR) is 142 cm³/mol. The van der Waals surface area contributed by atoms with Crippen LogP contribution < -0.4 is 10.2 Å². The molecule has 0 saturated carbocycles. The molecule has 6 nitrogen and oxygen atoms in total. The van der Waals surface area contributed by atoms with Gasteiger partial charge >= 0.3 is 0 Å². The number of benzene rings is 2. The zero-order valence-corrected chi connectivity index (χ0v) is 20.5. The SMILES string of the molecule is CN1CCN(c2ccc(C(=O)Nc3ccc(I)c(-c4nccc5ccccc45)c3)cn2)CC1. The first-order chi connectivity index (χ1) is 16.1. The van der Waals surface area contributed by atoms with Crippen molar-refractivity contribution in [2.24, 2.45) is 0 Å². The fraction of sp³-hybridized carbons (Fsp3) is 0.192. The number of fused-ring (bicyclic) bond motifs is 1. The molecule has 0 aliphatic carbocycles. The molecular weight excluding hydrogens is 525 g/mol. The Morgan fingerprint density at radius 1 is 0.970 bits per heavy atom. The highest BCUT2D eigenvalue weighted by Gasteiger charge is 2.16. The maximum atomic E-state index is 12.9. The van der Waals surface area contributed by atoms with Gasteiger partial charge in [0.05, 0.1) is 11.3 Å². The number of piperazine rings is 1. The first kappa shape index (κ1) is 21.8. The molecule has 2 aromatic heterocycles. The molecule has 1 fully saturated rings. The first-order valence-corrected chi connectivity index (χ1v) is 12.0. The Balaban J connectivity index is 1.36. The van der Waals surface area contributed by atoms with Gasteiger partial charge in [-0.05, 0) is 71.4 Å². The van der Waals surface area contributed by atoms with Gasteiger partial charge in [-0.15, -0.1) is 0 Å². The maximum absolute atomic E-state index is 12.9. The van der Waals surface area contributed by atoms with Crippen molar-refractivity contribution in [2.75, 3.05) is 43.4 Å². The third-order valence-corrected chi connectivity index (χ3v) is 6.93. The minimum Gasteiger partial charge on any atom is -0.354 e. The van der Waals surface area contributed by atoms with E-state index in [4.69, 9.17) is 0 Å². The third kappa shape index (κ3) is 4.69. The van der Waals surface area contributed by atoms with Crippen LogP contribution in [0.25, 0.3) is 22.0 Å². The summed E-state index contributed by atoms with van der Waals surface area (Å²) in [6, 6.07) is 19.9. The Hall–Kier alpha value is -3.04. The van der Waals surface area contributed by atoms with Gasteiger partial charge in [0.2, 0.25) is 0 Å². The second-order valence-electron chi connectivity index (χ2n) is 8.22. The van der Waals surface area contributed by atoms with E-state index in [-0.39, 0.29) is 5.91 Å². The number of amides is 1. The zero-order chi connectivity index (χ0) is 22.8. The van der Waals surface area contributed by atoms with Crippen LogP contribution in [0.1, 0.15) is 10.4 Å². The molecule has 4 aromatic rings.